The molecule has 0 aliphatic carbocycles. The minimum absolute atomic E-state index is 0.0609. The second kappa shape index (κ2) is 5.12. The summed E-state index contributed by atoms with van der Waals surface area (Å²) < 4.78 is 43.6. The van der Waals surface area contributed by atoms with Crippen LogP contribution in [0.4, 0.5) is 13.2 Å². The number of rotatable bonds is 3. The third-order valence-electron chi connectivity index (χ3n) is 2.86. The average Bonchev–Trinajstić information content (AvgIpc) is 2.39. The highest BCUT2D eigenvalue weighted by molar-refractivity contribution is 5.94. The quantitative estimate of drug-likeness (QED) is 0.944. The van der Waals surface area contributed by atoms with Gasteiger partial charge in [0.05, 0.1) is 18.0 Å². The molecule has 1 aromatic heterocycles. The third kappa shape index (κ3) is 2.83. The lowest BCUT2D eigenvalue weighted by atomic mass is 10.1. The molecular weight excluding hydrogens is 291 g/mol. The fourth-order valence-electron chi connectivity index (χ4n) is 2.06. The smallest absolute Gasteiger partial charge is 0.406 e. The number of aromatic carboxylic acids is 1. The van der Waals surface area contributed by atoms with E-state index in [4.69, 9.17) is 9.84 Å². The summed E-state index contributed by atoms with van der Waals surface area (Å²) in [6, 6.07) is 4.07. The Morgan fingerprint density at radius 3 is 2.57 bits per heavy atom. The first-order valence-corrected chi connectivity index (χ1v) is 5.75. The number of alkyl halides is 3. The van der Waals surface area contributed by atoms with E-state index >= 15 is 0 Å². The number of carbonyl (C=O) groups is 1. The molecule has 2 aromatic rings. The number of pyridine rings is 1. The first-order valence-electron chi connectivity index (χ1n) is 5.75. The Labute approximate surface area is 116 Å². The predicted octanol–water partition coefficient (Wildman–Crippen LogP) is 2.27. The molecule has 0 atom stereocenters. The van der Waals surface area contributed by atoms with Gasteiger partial charge in [0.1, 0.15) is 17.9 Å². The van der Waals surface area contributed by atoms with E-state index in [1.165, 1.54) is 25.3 Å². The zero-order valence-electron chi connectivity index (χ0n) is 10.8. The van der Waals surface area contributed by atoms with Crippen LogP contribution in [0.15, 0.2) is 29.2 Å². The number of nitrogens with zero attached hydrogens (tertiary/aromatic N) is 1. The Hall–Kier alpha value is -2.51. The largest absolute Gasteiger partial charge is 0.495 e. The summed E-state index contributed by atoms with van der Waals surface area (Å²) in [6.45, 7) is -1.43. The van der Waals surface area contributed by atoms with Gasteiger partial charge in [-0.1, -0.05) is 6.07 Å². The molecule has 112 valence electrons. The Morgan fingerprint density at radius 2 is 2.05 bits per heavy atom. The number of halogens is 3. The van der Waals surface area contributed by atoms with Crippen LogP contribution in [0.25, 0.3) is 10.9 Å². The number of hydrogen-bond donors (Lipinski definition) is 1. The maximum atomic E-state index is 12.7. The number of fused-ring (bicyclic) bond motifs is 1. The molecule has 1 heterocycles. The minimum Gasteiger partial charge on any atom is -0.495 e. The van der Waals surface area contributed by atoms with E-state index in [1.54, 1.807) is 0 Å². The predicted molar refractivity (Wildman–Crippen MR) is 67.8 cm³/mol. The lowest BCUT2D eigenvalue weighted by Gasteiger charge is -2.16. The van der Waals surface area contributed by atoms with Gasteiger partial charge in [-0.05, 0) is 12.1 Å². The van der Waals surface area contributed by atoms with Crippen molar-refractivity contribution in [3.63, 3.8) is 0 Å². The number of aromatic nitrogens is 1. The Kier molecular flexibility index (Phi) is 3.63. The van der Waals surface area contributed by atoms with Crippen LogP contribution in [0.3, 0.4) is 0 Å². The molecule has 2 rings (SSSR count). The van der Waals surface area contributed by atoms with Crippen LogP contribution in [0.5, 0.6) is 5.75 Å². The molecule has 1 N–H and O–H groups in total. The van der Waals surface area contributed by atoms with Gasteiger partial charge < -0.3 is 14.4 Å². The number of ether oxygens (including phenoxy) is 1. The van der Waals surface area contributed by atoms with E-state index in [0.29, 0.717) is 10.8 Å². The molecule has 0 spiro atoms. The second-order valence-electron chi connectivity index (χ2n) is 4.28. The highest BCUT2D eigenvalue weighted by atomic mass is 19.4. The van der Waals surface area contributed by atoms with Crippen molar-refractivity contribution in [2.75, 3.05) is 7.11 Å². The van der Waals surface area contributed by atoms with Crippen molar-refractivity contribution in [1.29, 1.82) is 0 Å². The molecule has 0 amide bonds. The normalized spacial score (nSPS) is 11.6. The van der Waals surface area contributed by atoms with Crippen LogP contribution in [0.1, 0.15) is 10.4 Å². The van der Waals surface area contributed by atoms with Gasteiger partial charge >= 0.3 is 12.1 Å². The standard InChI is InChI=1S/C13H10F3NO4/c1-21-9-4-2-3-7-10(9)17(6-13(14,15)16)5-8(11(7)18)12(19)20/h2-5H,6H2,1H3,(H,19,20). The van der Waals surface area contributed by atoms with Gasteiger partial charge in [0.15, 0.2) is 0 Å². The van der Waals surface area contributed by atoms with Gasteiger partial charge in [-0.15, -0.1) is 0 Å². The van der Waals surface area contributed by atoms with Crippen molar-refractivity contribution in [2.45, 2.75) is 12.7 Å². The fraction of sp³-hybridized carbons (Fsp3) is 0.231. The molecule has 0 saturated carbocycles. The van der Waals surface area contributed by atoms with E-state index in [2.05, 4.69) is 0 Å². The zero-order chi connectivity index (χ0) is 15.8. The van der Waals surface area contributed by atoms with Gasteiger partial charge in [-0.25, -0.2) is 4.79 Å². The van der Waals surface area contributed by atoms with Crippen LogP contribution in [0.2, 0.25) is 0 Å². The fourth-order valence-corrected chi connectivity index (χ4v) is 2.06. The number of benzene rings is 1. The van der Waals surface area contributed by atoms with E-state index in [0.717, 1.165) is 0 Å². The summed E-state index contributed by atoms with van der Waals surface area (Å²) in [7, 11) is 1.25. The third-order valence-corrected chi connectivity index (χ3v) is 2.86. The SMILES string of the molecule is COc1cccc2c(=O)c(C(=O)O)cn(CC(F)(F)F)c12. The Morgan fingerprint density at radius 1 is 1.38 bits per heavy atom. The summed E-state index contributed by atoms with van der Waals surface area (Å²) in [6.07, 6.45) is -3.89. The lowest BCUT2D eigenvalue weighted by molar-refractivity contribution is -0.140. The number of carboxylic acids is 1. The lowest BCUT2D eigenvalue weighted by Crippen LogP contribution is -2.24. The molecule has 0 fully saturated rings. The summed E-state index contributed by atoms with van der Waals surface area (Å²) in [5.41, 5.74) is -1.66. The van der Waals surface area contributed by atoms with Gasteiger partial charge in [0.25, 0.3) is 0 Å². The van der Waals surface area contributed by atoms with Crippen molar-refractivity contribution in [2.24, 2.45) is 0 Å². The Balaban J connectivity index is 2.89. The second-order valence-corrected chi connectivity index (χ2v) is 4.28. The molecule has 0 unspecified atom stereocenters. The van der Waals surface area contributed by atoms with Gasteiger partial charge in [0.2, 0.25) is 5.43 Å². The molecule has 5 nitrogen and oxygen atoms in total. The molecular formula is C13H10F3NO4. The first kappa shape index (κ1) is 14.9. The molecule has 1 aromatic carbocycles. The van der Waals surface area contributed by atoms with Crippen molar-refractivity contribution >= 4 is 16.9 Å². The van der Waals surface area contributed by atoms with Gasteiger partial charge in [0, 0.05) is 6.20 Å². The highest BCUT2D eigenvalue weighted by Crippen LogP contribution is 2.27. The van der Waals surface area contributed by atoms with Crippen molar-refractivity contribution in [3.05, 3.63) is 40.2 Å². The molecule has 0 aliphatic heterocycles. The van der Waals surface area contributed by atoms with E-state index in [-0.39, 0.29) is 16.7 Å². The topological polar surface area (TPSA) is 68.5 Å². The van der Waals surface area contributed by atoms with Gasteiger partial charge in [-0.3, -0.25) is 4.79 Å². The number of carboxylic acid groups (broad SMARTS) is 1. The van der Waals surface area contributed by atoms with Crippen LogP contribution < -0.4 is 10.2 Å². The molecule has 0 aliphatic rings. The zero-order valence-corrected chi connectivity index (χ0v) is 10.8. The van der Waals surface area contributed by atoms with Crippen molar-refractivity contribution in [1.82, 2.24) is 4.57 Å². The van der Waals surface area contributed by atoms with Crippen molar-refractivity contribution < 1.29 is 27.8 Å². The van der Waals surface area contributed by atoms with E-state index < -0.39 is 29.7 Å². The van der Waals surface area contributed by atoms with E-state index in [1.807, 2.05) is 0 Å². The van der Waals surface area contributed by atoms with Crippen LogP contribution in [-0.2, 0) is 6.54 Å². The molecule has 21 heavy (non-hydrogen) atoms. The van der Waals surface area contributed by atoms with Crippen LogP contribution in [-0.4, -0.2) is 28.9 Å². The summed E-state index contributed by atoms with van der Waals surface area (Å²) in [5, 5.41) is 8.81. The molecule has 0 bridgehead atoms. The Bertz CT molecular complexity index is 764. The maximum absolute atomic E-state index is 12.7. The highest BCUT2D eigenvalue weighted by Gasteiger charge is 2.30. The van der Waals surface area contributed by atoms with Crippen LogP contribution >= 0.6 is 0 Å². The van der Waals surface area contributed by atoms with Crippen molar-refractivity contribution in [3.8, 4) is 5.75 Å². The van der Waals surface area contributed by atoms with E-state index in [9.17, 15) is 22.8 Å². The summed E-state index contributed by atoms with van der Waals surface area (Å²) in [4.78, 5) is 23.0. The van der Waals surface area contributed by atoms with Gasteiger partial charge in [-0.2, -0.15) is 13.2 Å². The number of hydrogen-bond acceptors (Lipinski definition) is 3. The van der Waals surface area contributed by atoms with Crippen LogP contribution in [0, 0.1) is 0 Å². The number of para-hydroxylation sites is 1. The first-order chi connectivity index (χ1) is 9.74. The molecule has 8 heteroatoms. The number of methoxy groups -OCH3 is 1. The summed E-state index contributed by atoms with van der Waals surface area (Å²) in [5.74, 6) is -1.52. The minimum atomic E-state index is -4.57. The summed E-state index contributed by atoms with van der Waals surface area (Å²) >= 11 is 0. The maximum Gasteiger partial charge on any atom is 0.406 e. The molecule has 0 radical (unpaired) electrons. The monoisotopic (exact) mass is 301 g/mol. The average molecular weight is 301 g/mol. The molecule has 0 saturated heterocycles.